The van der Waals surface area contributed by atoms with E-state index >= 15 is 0 Å². The third-order valence-electron chi connectivity index (χ3n) is 2.73. The number of anilines is 1. The molecule has 1 saturated heterocycles. The average Bonchev–Trinajstić information content (AvgIpc) is 2.64. The van der Waals surface area contributed by atoms with Gasteiger partial charge in [-0.15, -0.1) is 0 Å². The van der Waals surface area contributed by atoms with Gasteiger partial charge in [-0.1, -0.05) is 0 Å². The highest BCUT2D eigenvalue weighted by molar-refractivity contribution is 7.43. The van der Waals surface area contributed by atoms with E-state index in [0.717, 1.165) is 10.9 Å². The highest BCUT2D eigenvalue weighted by atomic mass is 31.2. The third kappa shape index (κ3) is 3.10. The van der Waals surface area contributed by atoms with E-state index in [-0.39, 0.29) is 12.6 Å². The average molecular weight is 307 g/mol. The van der Waals surface area contributed by atoms with Gasteiger partial charge in [0.2, 0.25) is 14.5 Å². The van der Waals surface area contributed by atoms with Crippen molar-refractivity contribution in [3.8, 4) is 0 Å². The minimum absolute atomic E-state index is 0.215. The van der Waals surface area contributed by atoms with Crippen molar-refractivity contribution in [2.24, 2.45) is 5.50 Å². The second kappa shape index (κ2) is 6.06. The molecule has 5 atom stereocenters. The molecular weight excluding hydrogens is 293 g/mol. The molecule has 1 unspecified atom stereocenters. The van der Waals surface area contributed by atoms with E-state index in [1.165, 1.54) is 0 Å². The first-order chi connectivity index (χ1) is 9.40. The second-order valence-corrected chi connectivity index (χ2v) is 4.91. The van der Waals surface area contributed by atoms with Crippen molar-refractivity contribution in [3.63, 3.8) is 0 Å². The Labute approximate surface area is 113 Å². The first kappa shape index (κ1) is 15.2. The van der Waals surface area contributed by atoms with E-state index in [1.807, 2.05) is 0 Å². The van der Waals surface area contributed by atoms with Crippen LogP contribution in [0.1, 0.15) is 6.23 Å². The van der Waals surface area contributed by atoms with Gasteiger partial charge in [0.15, 0.2) is 6.23 Å². The summed E-state index contributed by atoms with van der Waals surface area (Å²) < 4.78 is 10.9. The van der Waals surface area contributed by atoms with Crippen LogP contribution < -0.4 is 16.9 Å². The van der Waals surface area contributed by atoms with Gasteiger partial charge in [0.25, 0.3) is 0 Å². The molecule has 2 heterocycles. The molecule has 0 bridgehead atoms. The van der Waals surface area contributed by atoms with Gasteiger partial charge in [-0.2, -0.15) is 4.98 Å². The molecule has 12 heteroatoms. The molecule has 112 valence electrons. The number of aromatic nitrogens is 3. The molecule has 0 radical (unpaired) electrons. The number of nitrogen functional groups attached to an aromatic ring is 1. The lowest BCUT2D eigenvalue weighted by Crippen LogP contribution is -2.36. The molecule has 0 amide bonds. The molecule has 0 spiro atoms. The molecule has 0 saturated carbocycles. The van der Waals surface area contributed by atoms with Crippen LogP contribution in [0.4, 0.5) is 5.95 Å². The molecule has 1 aliphatic rings. The maximum absolute atomic E-state index is 11.6. The molecule has 0 aliphatic carbocycles. The number of aliphatic hydroxyl groups is 2. The first-order valence-corrected chi connectivity index (χ1v) is 6.77. The zero-order valence-electron chi connectivity index (χ0n) is 10.1. The lowest BCUT2D eigenvalue weighted by Gasteiger charge is -2.16. The van der Waals surface area contributed by atoms with Crippen LogP contribution in [0.3, 0.4) is 0 Å². The minimum atomic E-state index is -2.11. The quantitative estimate of drug-likeness (QED) is 0.360. The molecule has 1 aromatic heterocycles. The Bertz CT molecular complexity index is 526. The molecule has 20 heavy (non-hydrogen) atoms. The molecule has 2 rings (SSSR count). The largest absolute Gasteiger partial charge is 0.387 e. The number of aliphatic hydroxyl groups excluding tert-OH is 2. The van der Waals surface area contributed by atoms with Crippen molar-refractivity contribution >= 4 is 14.5 Å². The Morgan fingerprint density at radius 3 is 2.80 bits per heavy atom. The maximum Gasteiger partial charge on any atom is 0.354 e. The maximum atomic E-state index is 11.6. The van der Waals surface area contributed by atoms with E-state index in [4.69, 9.17) is 25.4 Å². The van der Waals surface area contributed by atoms with Gasteiger partial charge >= 0.3 is 5.69 Å². The lowest BCUT2D eigenvalue weighted by molar-refractivity contribution is -0.0518. The molecule has 1 aliphatic heterocycles. The molecule has 1 aromatic rings. The van der Waals surface area contributed by atoms with Crippen molar-refractivity contribution in [1.29, 1.82) is 0 Å². The number of hydrogen-bond donors (Lipinski definition) is 5. The van der Waals surface area contributed by atoms with Gasteiger partial charge in [-0.05, 0) is 0 Å². The number of nitrogens with zero attached hydrogens (tertiary/aromatic N) is 3. The summed E-state index contributed by atoms with van der Waals surface area (Å²) in [7, 11) is -2.11. The normalized spacial score (nSPS) is 31.4. The summed E-state index contributed by atoms with van der Waals surface area (Å²) >= 11 is 0. The highest BCUT2D eigenvalue weighted by Crippen LogP contribution is 2.30. The van der Waals surface area contributed by atoms with Crippen LogP contribution in [0, 0.1) is 0 Å². The van der Waals surface area contributed by atoms with Crippen LogP contribution in [0.5, 0.6) is 0 Å². The van der Waals surface area contributed by atoms with E-state index < -0.39 is 38.8 Å². The lowest BCUT2D eigenvalue weighted by atomic mass is 10.1. The van der Waals surface area contributed by atoms with Crippen molar-refractivity contribution in [3.05, 3.63) is 16.8 Å². The number of hydrogen-bond acceptors (Lipinski definition) is 10. The van der Waals surface area contributed by atoms with Crippen molar-refractivity contribution in [2.75, 3.05) is 12.3 Å². The number of rotatable bonds is 4. The topological polar surface area (TPSA) is 179 Å². The van der Waals surface area contributed by atoms with Gasteiger partial charge in [-0.3, -0.25) is 10.1 Å². The van der Waals surface area contributed by atoms with Crippen LogP contribution >= 0.6 is 8.53 Å². The number of nitrogens with two attached hydrogens (primary N) is 2. The SMILES string of the molecule is Nc1ncn([C@@H]2O[C@H](COP(N)O)[C@@H](O)[C@H]2O)c(=O)n1. The fourth-order valence-corrected chi connectivity index (χ4v) is 2.08. The van der Waals surface area contributed by atoms with E-state index in [0.29, 0.717) is 0 Å². The fourth-order valence-electron chi connectivity index (χ4n) is 1.78. The second-order valence-electron chi connectivity index (χ2n) is 4.05. The standard InChI is InChI=1S/C8H14N5O6P/c9-7-11-2-13(8(16)12-7)6-5(15)4(14)3(19-6)1-18-20(10)17/h2-6,14-15,17H,1,10H2,(H2,9,12,16)/t3-,4-,5-,6-,20?/m1/s1. The molecule has 0 aromatic carbocycles. The van der Waals surface area contributed by atoms with Gasteiger partial charge in [0, 0.05) is 0 Å². The first-order valence-electron chi connectivity index (χ1n) is 5.49. The van der Waals surface area contributed by atoms with Crippen LogP contribution in [0.15, 0.2) is 11.1 Å². The van der Waals surface area contributed by atoms with Gasteiger partial charge < -0.3 is 30.1 Å². The van der Waals surface area contributed by atoms with Crippen molar-refractivity contribution < 1.29 is 24.4 Å². The summed E-state index contributed by atoms with van der Waals surface area (Å²) in [5, 5.41) is 19.7. The summed E-state index contributed by atoms with van der Waals surface area (Å²) in [6.07, 6.45) is -3.80. The van der Waals surface area contributed by atoms with Gasteiger partial charge in [0.1, 0.15) is 24.6 Å². The monoisotopic (exact) mass is 307 g/mol. The van der Waals surface area contributed by atoms with Crippen LogP contribution in [-0.2, 0) is 9.26 Å². The Hall–Kier alpha value is -1.20. The van der Waals surface area contributed by atoms with Crippen molar-refractivity contribution in [2.45, 2.75) is 24.5 Å². The summed E-state index contributed by atoms with van der Waals surface area (Å²) in [6, 6.07) is 0. The molecule has 1 fully saturated rings. The number of ether oxygens (including phenoxy) is 1. The Balaban J connectivity index is 2.15. The van der Waals surface area contributed by atoms with E-state index in [9.17, 15) is 15.0 Å². The highest BCUT2D eigenvalue weighted by Gasteiger charge is 2.44. The molecular formula is C8H14N5O6P. The Morgan fingerprint density at radius 2 is 2.20 bits per heavy atom. The smallest absolute Gasteiger partial charge is 0.354 e. The summed E-state index contributed by atoms with van der Waals surface area (Å²) in [5.74, 6) is -0.215. The van der Waals surface area contributed by atoms with Crippen molar-refractivity contribution in [1.82, 2.24) is 14.5 Å². The third-order valence-corrected chi connectivity index (χ3v) is 3.14. The van der Waals surface area contributed by atoms with Crippen LogP contribution in [0.25, 0.3) is 0 Å². The van der Waals surface area contributed by atoms with Gasteiger partial charge in [0.05, 0.1) is 6.61 Å². The minimum Gasteiger partial charge on any atom is -0.387 e. The van der Waals surface area contributed by atoms with Crippen LogP contribution in [-0.4, -0.2) is 54.6 Å². The summed E-state index contributed by atoms with van der Waals surface area (Å²) in [5.41, 5.74) is 9.52. The Morgan fingerprint density at radius 1 is 1.50 bits per heavy atom. The van der Waals surface area contributed by atoms with Gasteiger partial charge in [-0.25, -0.2) is 9.78 Å². The summed E-state index contributed by atoms with van der Waals surface area (Å²) in [4.78, 5) is 27.5. The predicted molar refractivity (Wildman–Crippen MR) is 65.9 cm³/mol. The molecule has 7 N–H and O–H groups in total. The molecule has 11 nitrogen and oxygen atoms in total. The zero-order valence-corrected chi connectivity index (χ0v) is 11.0. The predicted octanol–water partition coefficient (Wildman–Crippen LogP) is -2.97. The zero-order chi connectivity index (χ0) is 14.9. The Kier molecular flexibility index (Phi) is 4.60. The van der Waals surface area contributed by atoms with E-state index in [2.05, 4.69) is 9.97 Å². The van der Waals surface area contributed by atoms with Crippen LogP contribution in [0.2, 0.25) is 0 Å². The summed E-state index contributed by atoms with van der Waals surface area (Å²) in [6.45, 7) is -0.238. The van der Waals surface area contributed by atoms with E-state index in [1.54, 1.807) is 0 Å². The fraction of sp³-hybridized carbons (Fsp3) is 0.625.